The molecule has 6 rings (SSSR count). The molecule has 0 bridgehead atoms. The van der Waals surface area contributed by atoms with Crippen LogP contribution in [-0.2, 0) is 28.6 Å². The van der Waals surface area contributed by atoms with Crippen LogP contribution < -0.4 is 0 Å². The molecule has 0 unspecified atom stereocenters. The van der Waals surface area contributed by atoms with E-state index in [1.165, 1.54) is 6.92 Å². The average molecular weight is 621 g/mol. The van der Waals surface area contributed by atoms with Gasteiger partial charge in [-0.2, -0.15) is 0 Å². The molecule has 1 heterocycles. The van der Waals surface area contributed by atoms with Crippen LogP contribution in [0.5, 0.6) is 0 Å². The van der Waals surface area contributed by atoms with E-state index >= 15 is 0 Å². The Kier molecular flexibility index (Phi) is 7.79. The Bertz CT molecular complexity index is 1200. The molecule has 1 saturated heterocycles. The fraction of sp³-hybridized carbons (Fsp3) is 0.912. The molecule has 0 amide bonds. The summed E-state index contributed by atoms with van der Waals surface area (Å²) in [7, 11) is 0. The minimum atomic E-state index is -1.34. The lowest BCUT2D eigenvalue weighted by atomic mass is 9.41. The number of aliphatic hydroxyl groups is 4. The Balaban J connectivity index is 1.31. The zero-order valence-electron chi connectivity index (χ0n) is 27.1. The zero-order valence-corrected chi connectivity index (χ0v) is 27.1. The van der Waals surface area contributed by atoms with E-state index in [9.17, 15) is 34.8 Å². The van der Waals surface area contributed by atoms with E-state index in [0.29, 0.717) is 18.8 Å². The molecule has 10 nitrogen and oxygen atoms in total. The Morgan fingerprint density at radius 1 is 1.00 bits per heavy atom. The molecule has 1 aliphatic heterocycles. The van der Waals surface area contributed by atoms with Crippen LogP contribution in [0.3, 0.4) is 0 Å². The van der Waals surface area contributed by atoms with E-state index in [1.807, 2.05) is 6.92 Å². The lowest BCUT2D eigenvalue weighted by Crippen LogP contribution is -2.63. The molecule has 14 atom stereocenters. The highest BCUT2D eigenvalue weighted by molar-refractivity contribution is 5.88. The topological polar surface area (TPSA) is 160 Å². The van der Waals surface area contributed by atoms with Gasteiger partial charge in [0.25, 0.3) is 0 Å². The summed E-state index contributed by atoms with van der Waals surface area (Å²) >= 11 is 0. The predicted octanol–water partition coefficient (Wildman–Crippen LogP) is 2.56. The van der Waals surface area contributed by atoms with E-state index in [2.05, 4.69) is 27.7 Å². The number of Topliss-reactive ketones (excluding diaryl/α,β-unsaturated/α-hetero) is 2. The molecule has 0 aromatic heterocycles. The number of carbonyl (C=O) groups excluding carboxylic acids is 3. The quantitative estimate of drug-likeness (QED) is 0.246. The van der Waals surface area contributed by atoms with E-state index in [4.69, 9.17) is 14.2 Å². The summed E-state index contributed by atoms with van der Waals surface area (Å²) < 4.78 is 18.2. The molecule has 0 aromatic carbocycles. The zero-order chi connectivity index (χ0) is 32.2. The molecule has 0 aromatic rings. The molecule has 4 N–H and O–H groups in total. The van der Waals surface area contributed by atoms with Crippen molar-refractivity contribution in [2.75, 3.05) is 13.2 Å². The van der Waals surface area contributed by atoms with Gasteiger partial charge in [0.05, 0.1) is 12.7 Å². The fourth-order valence-electron chi connectivity index (χ4n) is 12.4. The maximum absolute atomic E-state index is 14.0. The van der Waals surface area contributed by atoms with Crippen molar-refractivity contribution in [3.8, 4) is 0 Å². The SMILES string of the molecule is CC(=O)O[C@@H]1C[C@@]23C[C@@]24CC[C@H](O[C@@H]2OC[C@H](O)[C@H](O)[C@H]2O)C(C)(C)[C@@H]4CC[C@@H]3[C@]2(C)CC(=O)[C@H]([C@H](C)CC(=O)CO)[C@@]12C. The summed E-state index contributed by atoms with van der Waals surface area (Å²) in [6.07, 6.45) is 0.293. The van der Waals surface area contributed by atoms with Crippen LogP contribution >= 0.6 is 0 Å². The van der Waals surface area contributed by atoms with E-state index in [1.54, 1.807) is 0 Å². The van der Waals surface area contributed by atoms with Crippen LogP contribution in [0.4, 0.5) is 0 Å². The third kappa shape index (κ3) is 4.23. The van der Waals surface area contributed by atoms with Gasteiger partial charge in [-0.15, -0.1) is 0 Å². The van der Waals surface area contributed by atoms with Crippen molar-refractivity contribution in [1.29, 1.82) is 0 Å². The van der Waals surface area contributed by atoms with Crippen LogP contribution in [0, 0.1) is 50.7 Å². The lowest BCUT2D eigenvalue weighted by molar-refractivity contribution is -0.303. The highest BCUT2D eigenvalue weighted by Crippen LogP contribution is 2.89. The van der Waals surface area contributed by atoms with Gasteiger partial charge >= 0.3 is 5.97 Å². The van der Waals surface area contributed by atoms with Gasteiger partial charge in [0.15, 0.2) is 12.1 Å². The van der Waals surface area contributed by atoms with Gasteiger partial charge in [-0.3, -0.25) is 14.4 Å². The summed E-state index contributed by atoms with van der Waals surface area (Å²) in [4.78, 5) is 38.9. The summed E-state index contributed by atoms with van der Waals surface area (Å²) in [6.45, 7) is 11.5. The van der Waals surface area contributed by atoms with Crippen LogP contribution in [0.1, 0.15) is 92.9 Å². The van der Waals surface area contributed by atoms with Crippen molar-refractivity contribution in [3.63, 3.8) is 0 Å². The largest absolute Gasteiger partial charge is 0.462 e. The van der Waals surface area contributed by atoms with Crippen molar-refractivity contribution in [3.05, 3.63) is 0 Å². The Labute approximate surface area is 260 Å². The molecular formula is C34H52O10. The van der Waals surface area contributed by atoms with Crippen molar-refractivity contribution < 1.29 is 49.0 Å². The van der Waals surface area contributed by atoms with Gasteiger partial charge in [-0.25, -0.2) is 0 Å². The monoisotopic (exact) mass is 620 g/mol. The maximum Gasteiger partial charge on any atom is 0.302 e. The first-order valence-corrected chi connectivity index (χ1v) is 16.6. The molecule has 5 aliphatic carbocycles. The number of ether oxygens (including phenoxy) is 3. The van der Waals surface area contributed by atoms with E-state index in [-0.39, 0.29) is 64.7 Å². The number of rotatable bonds is 7. The first kappa shape index (κ1) is 32.5. The van der Waals surface area contributed by atoms with Gasteiger partial charge in [-0.1, -0.05) is 34.6 Å². The molecule has 6 fully saturated rings. The smallest absolute Gasteiger partial charge is 0.302 e. The predicted molar refractivity (Wildman–Crippen MR) is 157 cm³/mol. The third-order valence-electron chi connectivity index (χ3n) is 14.3. The minimum Gasteiger partial charge on any atom is -0.462 e. The highest BCUT2D eigenvalue weighted by Gasteiger charge is 2.85. The molecule has 248 valence electrons. The molecule has 5 saturated carbocycles. The van der Waals surface area contributed by atoms with Crippen LogP contribution in [0.2, 0.25) is 0 Å². The number of aliphatic hydroxyl groups excluding tert-OH is 4. The van der Waals surface area contributed by atoms with Gasteiger partial charge < -0.3 is 34.6 Å². The Morgan fingerprint density at radius 3 is 2.34 bits per heavy atom. The molecular weight excluding hydrogens is 568 g/mol. The van der Waals surface area contributed by atoms with Crippen molar-refractivity contribution in [2.24, 2.45) is 50.7 Å². The summed E-state index contributed by atoms with van der Waals surface area (Å²) in [6, 6.07) is 0. The van der Waals surface area contributed by atoms with E-state index < -0.39 is 54.1 Å². The van der Waals surface area contributed by atoms with Crippen molar-refractivity contribution in [1.82, 2.24) is 0 Å². The first-order chi connectivity index (χ1) is 20.5. The number of ketones is 2. The summed E-state index contributed by atoms with van der Waals surface area (Å²) in [5.74, 6) is -0.632. The van der Waals surface area contributed by atoms with Gasteiger partial charge in [-0.05, 0) is 77.9 Å². The second-order valence-corrected chi connectivity index (χ2v) is 16.4. The van der Waals surface area contributed by atoms with Gasteiger partial charge in [0, 0.05) is 31.1 Å². The average Bonchev–Trinajstić information content (AvgIpc) is 3.53. The van der Waals surface area contributed by atoms with Crippen LogP contribution in [0.15, 0.2) is 0 Å². The van der Waals surface area contributed by atoms with Crippen LogP contribution in [-0.4, -0.2) is 88.0 Å². The molecule has 2 spiro atoms. The Morgan fingerprint density at radius 2 is 1.68 bits per heavy atom. The lowest BCUT2D eigenvalue weighted by Gasteiger charge is -2.64. The summed E-state index contributed by atoms with van der Waals surface area (Å²) in [5.41, 5.74) is -1.38. The van der Waals surface area contributed by atoms with E-state index in [0.717, 1.165) is 32.1 Å². The minimum absolute atomic E-state index is 0.0172. The molecule has 44 heavy (non-hydrogen) atoms. The highest BCUT2D eigenvalue weighted by atomic mass is 16.7. The molecule has 6 aliphatic rings. The van der Waals surface area contributed by atoms with Crippen molar-refractivity contribution >= 4 is 17.5 Å². The van der Waals surface area contributed by atoms with Gasteiger partial charge in [0.1, 0.15) is 36.8 Å². The summed E-state index contributed by atoms with van der Waals surface area (Å²) in [5, 5.41) is 40.2. The first-order valence-electron chi connectivity index (χ1n) is 16.6. The fourth-order valence-corrected chi connectivity index (χ4v) is 12.4. The standard InChI is InChI=1S/C34H52O10/c1-17(11-19(37)14-35)26-20(38)12-31(5)23-8-7-22-30(3,4)24(44-29-28(41)27(40)21(39)15-42-29)9-10-33(22)16-34(23,33)13-25(32(26,31)6)43-18(2)36/h17,21-29,35,39-41H,7-16H2,1-6H3/t17-,21+,22+,23-,24+,25-,26+,27+,28-,29+,31+,32-,33-,34+/m1/s1. The van der Waals surface area contributed by atoms with Gasteiger partial charge in [0.2, 0.25) is 0 Å². The number of carbonyl (C=O) groups is 3. The van der Waals surface area contributed by atoms with Crippen molar-refractivity contribution in [2.45, 2.75) is 130 Å². The molecule has 10 heteroatoms. The number of hydrogen-bond acceptors (Lipinski definition) is 10. The third-order valence-corrected chi connectivity index (χ3v) is 14.3. The Hall–Kier alpha value is -1.43. The van der Waals surface area contributed by atoms with Crippen LogP contribution in [0.25, 0.3) is 0 Å². The number of esters is 1. The normalized spacial score (nSPS) is 51.3. The number of fused-ring (bicyclic) bond motifs is 2. The number of hydrogen-bond donors (Lipinski definition) is 4. The molecule has 0 radical (unpaired) electrons. The maximum atomic E-state index is 14.0. The second-order valence-electron chi connectivity index (χ2n) is 16.4. The second kappa shape index (κ2) is 10.5.